The van der Waals surface area contributed by atoms with Gasteiger partial charge in [0.15, 0.2) is 5.82 Å². The van der Waals surface area contributed by atoms with Gasteiger partial charge in [-0.15, -0.1) is 6.42 Å². The lowest BCUT2D eigenvalue weighted by Crippen LogP contribution is -2.57. The second-order valence-corrected chi connectivity index (χ2v) is 21.7. The van der Waals surface area contributed by atoms with Crippen LogP contribution in [0.4, 0.5) is 15.9 Å². The first-order valence-corrected chi connectivity index (χ1v) is 27.1. The highest BCUT2D eigenvalue weighted by molar-refractivity contribution is 6.06. The molecule has 3 N–H and O–H groups in total. The van der Waals surface area contributed by atoms with Crippen LogP contribution in [0, 0.1) is 29.5 Å². The van der Waals surface area contributed by atoms with Crippen LogP contribution in [-0.4, -0.2) is 173 Å². The number of amides is 3. The molecule has 11 rings (SSSR count). The van der Waals surface area contributed by atoms with Crippen molar-refractivity contribution in [3.8, 4) is 41.2 Å². The third-order valence-electron chi connectivity index (χ3n) is 17.0. The van der Waals surface area contributed by atoms with Gasteiger partial charge in [0.05, 0.1) is 13.7 Å². The minimum Gasteiger partial charge on any atom is -0.508 e. The number of piperazine rings is 2. The summed E-state index contributed by atoms with van der Waals surface area (Å²) in [5.41, 5.74) is 3.52. The number of pyridine rings is 1. The number of piperidine rings is 2. The van der Waals surface area contributed by atoms with Gasteiger partial charge in [-0.2, -0.15) is 9.97 Å². The van der Waals surface area contributed by atoms with E-state index in [9.17, 15) is 19.5 Å². The van der Waals surface area contributed by atoms with Gasteiger partial charge in [-0.05, 0) is 105 Å². The minimum absolute atomic E-state index is 0.0363. The molecule has 0 spiro atoms. The zero-order valence-electron chi connectivity index (χ0n) is 44.5. The van der Waals surface area contributed by atoms with Gasteiger partial charge in [-0.25, -0.2) is 9.37 Å². The van der Waals surface area contributed by atoms with Gasteiger partial charge in [0, 0.05) is 124 Å². The summed E-state index contributed by atoms with van der Waals surface area (Å²) >= 11 is 0. The van der Waals surface area contributed by atoms with E-state index in [1.54, 1.807) is 17.0 Å². The molecular weight excluding hydrogens is 984 g/mol. The molecule has 5 aromatic rings. The molecule has 5 fully saturated rings. The number of nitrogens with one attached hydrogen (secondary N) is 1. The number of hydrogen-bond donors (Lipinski definition) is 3. The Morgan fingerprint density at radius 1 is 0.896 bits per heavy atom. The molecule has 2 aromatic heterocycles. The van der Waals surface area contributed by atoms with Crippen molar-refractivity contribution in [2.24, 2.45) is 11.3 Å². The van der Waals surface area contributed by atoms with E-state index in [0.717, 1.165) is 102 Å². The lowest BCUT2D eigenvalue weighted by atomic mass is 9.95. The first-order valence-electron chi connectivity index (χ1n) is 27.1. The van der Waals surface area contributed by atoms with Gasteiger partial charge in [0.25, 0.3) is 12.4 Å². The lowest BCUT2D eigenvalue weighted by molar-refractivity contribution is -0.137. The highest BCUT2D eigenvalue weighted by atomic mass is 19.1. The number of rotatable bonds is 14. The van der Waals surface area contributed by atoms with Gasteiger partial charge in [-0.3, -0.25) is 29.4 Å². The molecule has 6 aliphatic rings. The zero-order valence-corrected chi connectivity index (χ0v) is 44.5. The van der Waals surface area contributed by atoms with Crippen LogP contribution < -0.4 is 24.6 Å². The molecule has 0 bridgehead atoms. The molecular formula is C58H69FN10O8. The van der Waals surface area contributed by atoms with Crippen molar-refractivity contribution in [3.63, 3.8) is 0 Å². The fourth-order valence-electron chi connectivity index (χ4n) is 12.4. The summed E-state index contributed by atoms with van der Waals surface area (Å²) in [6.07, 6.45) is 12.7. The maximum atomic E-state index is 17.6. The number of halogens is 1. The van der Waals surface area contributed by atoms with Crippen molar-refractivity contribution in [2.75, 3.05) is 96.0 Å². The lowest BCUT2D eigenvalue weighted by Gasteiger charge is -2.45. The normalized spacial score (nSPS) is 22.1. The number of phenols is 1. The Labute approximate surface area is 448 Å². The van der Waals surface area contributed by atoms with Crippen LogP contribution in [0.1, 0.15) is 86.7 Å². The molecule has 1 saturated carbocycles. The molecule has 77 heavy (non-hydrogen) atoms. The van der Waals surface area contributed by atoms with E-state index in [1.807, 2.05) is 24.3 Å². The Morgan fingerprint density at radius 3 is 2.27 bits per heavy atom. The summed E-state index contributed by atoms with van der Waals surface area (Å²) in [5.74, 6) is 2.50. The number of aromatic nitrogens is 3. The number of methoxy groups -OCH3 is 1. The number of benzene rings is 3. The van der Waals surface area contributed by atoms with E-state index in [0.29, 0.717) is 77.2 Å². The number of carbonyl (C=O) groups excluding carboxylic acids is 3. The van der Waals surface area contributed by atoms with E-state index < -0.39 is 11.9 Å². The third-order valence-corrected chi connectivity index (χ3v) is 17.0. The number of likely N-dealkylation sites (N-methyl/N-ethyl adjacent to an activating group) is 1. The highest BCUT2D eigenvalue weighted by Gasteiger charge is 2.46. The summed E-state index contributed by atoms with van der Waals surface area (Å²) in [6, 6.07) is 14.6. The maximum absolute atomic E-state index is 17.6. The van der Waals surface area contributed by atoms with E-state index in [1.165, 1.54) is 13.2 Å². The van der Waals surface area contributed by atoms with Gasteiger partial charge in [0.2, 0.25) is 17.7 Å². The molecule has 7 heterocycles. The fraction of sp³-hybridized carbons (Fsp3) is 0.500. The number of hydrogen-bond acceptors (Lipinski definition) is 15. The van der Waals surface area contributed by atoms with Gasteiger partial charge >= 0.3 is 6.01 Å². The van der Waals surface area contributed by atoms with Crippen molar-refractivity contribution in [1.29, 1.82) is 0 Å². The van der Waals surface area contributed by atoms with Crippen LogP contribution in [0.2, 0.25) is 0 Å². The summed E-state index contributed by atoms with van der Waals surface area (Å²) in [5, 5.41) is 21.8. The topological polar surface area (TPSA) is 197 Å². The first kappa shape index (κ1) is 53.3. The van der Waals surface area contributed by atoms with Crippen LogP contribution in [0.5, 0.6) is 17.6 Å². The first-order chi connectivity index (χ1) is 37.3. The highest BCUT2D eigenvalue weighted by Crippen LogP contribution is 2.48. The molecule has 4 saturated heterocycles. The van der Waals surface area contributed by atoms with Gasteiger partial charge < -0.3 is 44.2 Å². The number of carbonyl (C=O) groups is 4. The predicted octanol–water partition coefficient (Wildman–Crippen LogP) is 6.14. The Bertz CT molecular complexity index is 3100. The molecule has 3 aromatic carbocycles. The maximum Gasteiger partial charge on any atom is 0.319 e. The summed E-state index contributed by atoms with van der Waals surface area (Å²) in [6.45, 7) is 14.1. The van der Waals surface area contributed by atoms with Crippen molar-refractivity contribution in [2.45, 2.75) is 89.9 Å². The molecule has 1 aliphatic carbocycles. The van der Waals surface area contributed by atoms with Crippen molar-refractivity contribution < 1.29 is 43.3 Å². The SMILES string of the molecule is C#Cc1cccc2cc(O)cc(-c3nc(OC)c4c(N5CC(CC)N(C)C(CC)C5)nc(OCC5(CN6CCN(CC7CCN(c8ccc9c(c8)CN(C8CCC(=O)NC8=O)C9=O)CC7)CC6)CC5)nc4c3F)c12.O=CO. The van der Waals surface area contributed by atoms with Crippen LogP contribution in [0.25, 0.3) is 32.9 Å². The second-order valence-electron chi connectivity index (χ2n) is 21.7. The van der Waals surface area contributed by atoms with Crippen LogP contribution in [0.15, 0.2) is 48.5 Å². The number of aromatic hydroxyl groups is 1. The second kappa shape index (κ2) is 22.4. The summed E-state index contributed by atoms with van der Waals surface area (Å²) in [4.78, 5) is 74.5. The smallest absolute Gasteiger partial charge is 0.319 e. The minimum atomic E-state index is -0.676. The van der Waals surface area contributed by atoms with E-state index in [2.05, 4.69) is 62.7 Å². The van der Waals surface area contributed by atoms with Gasteiger partial charge in [0.1, 0.15) is 34.2 Å². The zero-order chi connectivity index (χ0) is 54.1. The van der Waals surface area contributed by atoms with Crippen LogP contribution in [-0.2, 0) is 20.9 Å². The van der Waals surface area contributed by atoms with Crippen LogP contribution >= 0.6 is 0 Å². The van der Waals surface area contributed by atoms with Crippen LogP contribution in [0.3, 0.4) is 0 Å². The Kier molecular flexibility index (Phi) is 15.5. The predicted molar refractivity (Wildman–Crippen MR) is 291 cm³/mol. The molecule has 3 amide bonds. The van der Waals surface area contributed by atoms with Crippen molar-refractivity contribution in [3.05, 3.63) is 71.0 Å². The third kappa shape index (κ3) is 10.8. The summed E-state index contributed by atoms with van der Waals surface area (Å²) < 4.78 is 30.2. The number of phenolic OH excluding ortho intramolecular Hbond substituents is 1. The number of imide groups is 1. The molecule has 406 valence electrons. The molecule has 19 heteroatoms. The largest absolute Gasteiger partial charge is 0.508 e. The van der Waals surface area contributed by atoms with E-state index in [4.69, 9.17) is 40.8 Å². The monoisotopic (exact) mass is 1050 g/mol. The standard InChI is InChI=1S/C57H67FN10O6.CH2O2/c1-6-36-10-9-11-37-27-42(69)28-44(47(36)37)50-49(58)51-48(54(60-50)73-5)52(67-31-39(7-2)63(4)40(8-3)32-67)62-56(61-51)74-34-57(18-19-57)33-65-24-22-64(23-25-65)29-35-16-20-66(21-17-35)41-12-13-43-38(26-41)30-68(55(43)72)45-14-15-46(70)59-53(45)71;2-1-3/h1,9-13,26-28,35,39-40,45,69H,7-8,14-25,29-34H2,2-5H3,(H,59,70,71);1H,(H,2,3). The Morgan fingerprint density at radius 2 is 1.61 bits per heavy atom. The number of fused-ring (bicyclic) bond motifs is 3. The number of ether oxygens (including phenoxy) is 2. The summed E-state index contributed by atoms with van der Waals surface area (Å²) in [7, 11) is 3.70. The number of terminal acetylenes is 1. The molecule has 18 nitrogen and oxygen atoms in total. The number of carboxylic acid groups (broad SMARTS) is 1. The molecule has 5 aliphatic heterocycles. The number of nitrogens with zero attached hydrogens (tertiary/aromatic N) is 9. The van der Waals surface area contributed by atoms with E-state index >= 15 is 4.39 Å². The fourth-order valence-corrected chi connectivity index (χ4v) is 12.4. The molecule has 3 atom stereocenters. The quantitative estimate of drug-likeness (QED) is 0.0651. The number of anilines is 2. The molecule has 3 unspecified atom stereocenters. The van der Waals surface area contributed by atoms with Crippen molar-refractivity contribution in [1.82, 2.24) is 39.9 Å². The average molecular weight is 1050 g/mol. The molecule has 0 radical (unpaired) electrons. The van der Waals surface area contributed by atoms with Gasteiger partial charge in [-0.1, -0.05) is 31.9 Å². The average Bonchev–Trinajstić information content (AvgIpc) is 4.15. The Balaban J connectivity index is 0.00000219. The Hall–Kier alpha value is -7.14. The van der Waals surface area contributed by atoms with E-state index in [-0.39, 0.29) is 77.0 Å². The van der Waals surface area contributed by atoms with Crippen molar-refractivity contribution >= 4 is 57.4 Å².